The zero-order valence-electron chi connectivity index (χ0n) is 15.3. The van der Waals surface area contributed by atoms with Crippen molar-refractivity contribution in [2.45, 2.75) is 43.6 Å². The van der Waals surface area contributed by atoms with Crippen LogP contribution in [0.4, 0.5) is 5.00 Å². The van der Waals surface area contributed by atoms with Crippen LogP contribution >= 0.6 is 23.1 Å². The summed E-state index contributed by atoms with van der Waals surface area (Å²) in [5, 5.41) is 6.26. The number of methoxy groups -OCH3 is 1. The van der Waals surface area contributed by atoms with Gasteiger partial charge < -0.3 is 10.1 Å². The third-order valence-corrected chi connectivity index (χ3v) is 6.72. The molecule has 0 fully saturated rings. The smallest absolute Gasteiger partial charge is 0.441 e. The third-order valence-electron chi connectivity index (χ3n) is 4.39. The fourth-order valence-electron chi connectivity index (χ4n) is 3.07. The maximum Gasteiger partial charge on any atom is 0.441 e. The number of thiophene rings is 1. The summed E-state index contributed by atoms with van der Waals surface area (Å²) >= 11 is 2.71. The van der Waals surface area contributed by atoms with Crippen molar-refractivity contribution >= 4 is 40.0 Å². The van der Waals surface area contributed by atoms with Gasteiger partial charge in [0.25, 0.3) is 0 Å². The quantitative estimate of drug-likeness (QED) is 0.326. The van der Waals surface area contributed by atoms with Crippen LogP contribution in [0, 0.1) is 0 Å². The normalized spacial score (nSPS) is 13.7. The van der Waals surface area contributed by atoms with Gasteiger partial charge in [0, 0.05) is 17.1 Å². The Hall–Kier alpha value is -2.07. The molecular formula is C17H22N3O5S2+. The highest BCUT2D eigenvalue weighted by atomic mass is 32.2. The van der Waals surface area contributed by atoms with Crippen molar-refractivity contribution in [3.63, 3.8) is 0 Å². The van der Waals surface area contributed by atoms with Crippen molar-refractivity contribution in [2.24, 2.45) is 7.05 Å². The highest BCUT2D eigenvalue weighted by Crippen LogP contribution is 2.38. The van der Waals surface area contributed by atoms with Crippen molar-refractivity contribution in [3.05, 3.63) is 26.4 Å². The lowest BCUT2D eigenvalue weighted by molar-refractivity contribution is -0.772. The van der Waals surface area contributed by atoms with E-state index in [-0.39, 0.29) is 12.3 Å². The monoisotopic (exact) mass is 412 g/mol. The van der Waals surface area contributed by atoms with Crippen LogP contribution in [-0.2, 0) is 29.4 Å². The Kier molecular flexibility index (Phi) is 6.38. The molecule has 0 aromatic carbocycles. The lowest BCUT2D eigenvalue weighted by atomic mass is 10.1. The number of aromatic amines is 1. The van der Waals surface area contributed by atoms with Crippen LogP contribution in [0.15, 0.2) is 14.3 Å². The summed E-state index contributed by atoms with van der Waals surface area (Å²) in [7, 11) is 3.02. The van der Waals surface area contributed by atoms with E-state index in [1.807, 2.05) is 0 Å². The minimum absolute atomic E-state index is 0.202. The summed E-state index contributed by atoms with van der Waals surface area (Å²) in [5.74, 6) is -0.191. The summed E-state index contributed by atoms with van der Waals surface area (Å²) in [6, 6.07) is 0. The molecule has 146 valence electrons. The summed E-state index contributed by atoms with van der Waals surface area (Å²) in [6.45, 7) is 0. The second-order valence-corrected chi connectivity index (χ2v) is 8.44. The second-order valence-electron chi connectivity index (χ2n) is 6.25. The number of esters is 1. The van der Waals surface area contributed by atoms with Crippen LogP contribution in [0.5, 0.6) is 0 Å². The molecule has 2 N–H and O–H groups in total. The molecule has 0 spiro atoms. The standard InChI is InChI=1S/C17H21N3O5S2/c1-20-15(17(23)25-19-20)26-9-8-12(21)18-14-13(16(22)24-2)10-6-4-3-5-7-11(10)27-14/h3-9H2,1-2H3,(H-,18,19,21,22,23)/p+1. The molecule has 8 nitrogen and oxygen atoms in total. The van der Waals surface area contributed by atoms with E-state index in [1.54, 1.807) is 7.05 Å². The number of carbonyl (C=O) groups is 2. The number of aryl methyl sites for hydroxylation is 2. The number of carbonyl (C=O) groups excluding carboxylic acids is 2. The van der Waals surface area contributed by atoms with Crippen molar-refractivity contribution in [1.29, 1.82) is 0 Å². The molecule has 0 unspecified atom stereocenters. The van der Waals surface area contributed by atoms with Crippen molar-refractivity contribution in [2.75, 3.05) is 18.2 Å². The summed E-state index contributed by atoms with van der Waals surface area (Å²) < 4.78 is 11.1. The Balaban J connectivity index is 1.68. The number of fused-ring (bicyclic) bond motifs is 1. The molecule has 0 radical (unpaired) electrons. The Morgan fingerprint density at radius 3 is 2.81 bits per heavy atom. The first-order valence-corrected chi connectivity index (χ1v) is 10.5. The van der Waals surface area contributed by atoms with E-state index in [9.17, 15) is 14.4 Å². The number of amides is 1. The fraction of sp³-hybridized carbons (Fsp3) is 0.529. The molecular weight excluding hydrogens is 390 g/mol. The largest absolute Gasteiger partial charge is 0.465 e. The molecule has 3 rings (SSSR count). The third kappa shape index (κ3) is 4.44. The van der Waals surface area contributed by atoms with Gasteiger partial charge in [-0.1, -0.05) is 11.1 Å². The van der Waals surface area contributed by atoms with Gasteiger partial charge in [0.1, 0.15) is 5.00 Å². The van der Waals surface area contributed by atoms with E-state index in [1.165, 1.54) is 34.9 Å². The maximum atomic E-state index is 12.4. The highest BCUT2D eigenvalue weighted by Gasteiger charge is 2.26. The minimum Gasteiger partial charge on any atom is -0.465 e. The minimum atomic E-state index is -0.460. The van der Waals surface area contributed by atoms with Crippen molar-refractivity contribution in [3.8, 4) is 0 Å². The molecule has 2 heterocycles. The predicted octanol–water partition coefficient (Wildman–Crippen LogP) is 2.03. The van der Waals surface area contributed by atoms with Crippen molar-refractivity contribution in [1.82, 2.24) is 5.27 Å². The van der Waals surface area contributed by atoms with Crippen LogP contribution in [0.25, 0.3) is 0 Å². The predicted molar refractivity (Wildman–Crippen MR) is 101 cm³/mol. The molecule has 27 heavy (non-hydrogen) atoms. The van der Waals surface area contributed by atoms with Gasteiger partial charge >= 0.3 is 16.6 Å². The summed E-state index contributed by atoms with van der Waals surface area (Å²) in [5.41, 5.74) is 1.06. The molecule has 1 aliphatic carbocycles. The van der Waals surface area contributed by atoms with E-state index in [0.717, 1.165) is 42.5 Å². The number of H-pyrrole nitrogens is 1. The number of hydrogen-bond donors (Lipinski definition) is 2. The molecule has 1 aliphatic rings. The second kappa shape index (κ2) is 8.75. The average molecular weight is 413 g/mol. The van der Waals surface area contributed by atoms with Crippen LogP contribution in [-0.4, -0.2) is 30.0 Å². The maximum absolute atomic E-state index is 12.4. The lowest BCUT2D eigenvalue weighted by Crippen LogP contribution is -2.33. The number of anilines is 1. The number of nitrogens with zero attached hydrogens (tertiary/aromatic N) is 1. The van der Waals surface area contributed by atoms with Gasteiger partial charge in [-0.25, -0.2) is 9.59 Å². The topological polar surface area (TPSA) is 105 Å². The van der Waals surface area contributed by atoms with E-state index in [4.69, 9.17) is 4.74 Å². The van der Waals surface area contributed by atoms with Gasteiger partial charge in [0.15, 0.2) is 7.05 Å². The molecule has 0 bridgehead atoms. The average Bonchev–Trinajstić information content (AvgIpc) is 3.04. The molecule has 0 atom stereocenters. The number of hydrogen-bond acceptors (Lipinski definition) is 7. The number of thioether (sulfide) groups is 1. The first kappa shape index (κ1) is 19.7. The van der Waals surface area contributed by atoms with Gasteiger partial charge in [-0.15, -0.1) is 11.3 Å². The first-order chi connectivity index (χ1) is 13.0. The van der Waals surface area contributed by atoms with Gasteiger partial charge in [0.05, 0.1) is 12.7 Å². The first-order valence-electron chi connectivity index (χ1n) is 8.74. The lowest BCUT2D eigenvalue weighted by Gasteiger charge is -2.07. The number of ether oxygens (including phenoxy) is 1. The Bertz CT molecular complexity index is 899. The van der Waals surface area contributed by atoms with Gasteiger partial charge in [-0.2, -0.15) is 0 Å². The molecule has 1 amide bonds. The number of nitrogens with one attached hydrogen (secondary N) is 2. The van der Waals surface area contributed by atoms with Crippen LogP contribution < -0.4 is 15.6 Å². The summed E-state index contributed by atoms with van der Waals surface area (Å²) in [6.07, 6.45) is 5.24. The number of rotatable bonds is 6. The van der Waals surface area contributed by atoms with Crippen LogP contribution in [0.2, 0.25) is 0 Å². The van der Waals surface area contributed by atoms with Gasteiger partial charge in [-0.05, 0) is 48.3 Å². The van der Waals surface area contributed by atoms with E-state index in [2.05, 4.69) is 15.1 Å². The molecule has 0 aliphatic heterocycles. The Morgan fingerprint density at radius 2 is 2.11 bits per heavy atom. The van der Waals surface area contributed by atoms with E-state index >= 15 is 0 Å². The molecule has 0 saturated carbocycles. The molecule has 10 heteroatoms. The Morgan fingerprint density at radius 1 is 1.33 bits per heavy atom. The highest BCUT2D eigenvalue weighted by molar-refractivity contribution is 7.99. The zero-order valence-corrected chi connectivity index (χ0v) is 16.9. The molecule has 2 aromatic heterocycles. The van der Waals surface area contributed by atoms with Crippen molar-refractivity contribution < 1.29 is 23.5 Å². The van der Waals surface area contributed by atoms with Crippen LogP contribution in [0.1, 0.15) is 46.5 Å². The summed E-state index contributed by atoms with van der Waals surface area (Å²) in [4.78, 5) is 37.3. The Labute approximate surface area is 164 Å². The molecule has 2 aromatic rings. The number of aromatic nitrogens is 2. The molecule has 0 saturated heterocycles. The van der Waals surface area contributed by atoms with E-state index in [0.29, 0.717) is 21.3 Å². The SMILES string of the molecule is COC(=O)c1c(NC(=O)CCSc2c(=O)o[nH][n+]2C)sc2c1CCCCC2. The van der Waals surface area contributed by atoms with Gasteiger partial charge in [-0.3, -0.25) is 9.32 Å². The van der Waals surface area contributed by atoms with Gasteiger partial charge in [0.2, 0.25) is 5.91 Å². The van der Waals surface area contributed by atoms with Crippen LogP contribution in [0.3, 0.4) is 0 Å². The fourth-order valence-corrected chi connectivity index (χ4v) is 5.23. The van der Waals surface area contributed by atoms with E-state index < -0.39 is 11.6 Å². The zero-order chi connectivity index (χ0) is 19.4.